The molecule has 0 aliphatic carbocycles. The van der Waals surface area contributed by atoms with Gasteiger partial charge in [0.2, 0.25) is 5.91 Å². The first-order valence-electron chi connectivity index (χ1n) is 9.69. The number of imidazole rings is 1. The molecular weight excluding hydrogens is 374 g/mol. The number of aromatic amines is 1. The van der Waals surface area contributed by atoms with Crippen molar-refractivity contribution in [1.82, 2.24) is 19.7 Å². The second kappa shape index (κ2) is 7.67. The number of benzene rings is 3. The molecule has 0 aliphatic rings. The lowest BCUT2D eigenvalue weighted by molar-refractivity contribution is -0.115. The number of nitrogens with one attached hydrogen (secondary N) is 2. The zero-order chi connectivity index (χ0) is 20.3. The summed E-state index contributed by atoms with van der Waals surface area (Å²) >= 11 is 0. The van der Waals surface area contributed by atoms with Gasteiger partial charge in [0.15, 0.2) is 0 Å². The standard InChI is InChI=1S/C24H19N5O/c30-23(14-17-15-25-29(16-17)18-8-2-1-3-9-18)26-20-11-5-4-10-19(20)24-27-21-12-6-7-13-22(21)28-24/h1-13,15-16H,14H2,(H,26,30)(H,27,28). The van der Waals surface area contributed by atoms with Gasteiger partial charge in [0.05, 0.1) is 35.0 Å². The number of rotatable bonds is 5. The molecule has 0 spiro atoms. The Labute approximate surface area is 173 Å². The second-order valence-electron chi connectivity index (χ2n) is 7.00. The smallest absolute Gasteiger partial charge is 0.228 e. The number of H-pyrrole nitrogens is 1. The minimum absolute atomic E-state index is 0.105. The van der Waals surface area contributed by atoms with Gasteiger partial charge in [0.25, 0.3) is 0 Å². The van der Waals surface area contributed by atoms with Gasteiger partial charge in [-0.3, -0.25) is 4.79 Å². The highest BCUT2D eigenvalue weighted by Gasteiger charge is 2.13. The molecule has 0 saturated heterocycles. The van der Waals surface area contributed by atoms with Crippen LogP contribution in [0.4, 0.5) is 5.69 Å². The van der Waals surface area contributed by atoms with Gasteiger partial charge >= 0.3 is 0 Å². The van der Waals surface area contributed by atoms with E-state index in [1.54, 1.807) is 10.9 Å². The van der Waals surface area contributed by atoms with E-state index in [9.17, 15) is 4.79 Å². The Morgan fingerprint density at radius 1 is 0.933 bits per heavy atom. The summed E-state index contributed by atoms with van der Waals surface area (Å²) in [4.78, 5) is 20.7. The van der Waals surface area contributed by atoms with Crippen molar-refractivity contribution in [1.29, 1.82) is 0 Å². The summed E-state index contributed by atoms with van der Waals surface area (Å²) in [6, 6.07) is 25.3. The molecule has 0 unspecified atom stereocenters. The molecule has 0 saturated carbocycles. The quantitative estimate of drug-likeness (QED) is 0.458. The molecule has 0 atom stereocenters. The minimum Gasteiger partial charge on any atom is -0.338 e. The molecule has 2 heterocycles. The zero-order valence-corrected chi connectivity index (χ0v) is 16.1. The first-order valence-corrected chi connectivity index (χ1v) is 9.69. The Balaban J connectivity index is 1.35. The van der Waals surface area contributed by atoms with Crippen LogP contribution in [0.5, 0.6) is 0 Å². The zero-order valence-electron chi connectivity index (χ0n) is 16.1. The predicted octanol–water partition coefficient (Wildman–Crippen LogP) is 4.60. The number of anilines is 1. The maximum absolute atomic E-state index is 12.7. The third kappa shape index (κ3) is 3.58. The average Bonchev–Trinajstić information content (AvgIpc) is 3.41. The van der Waals surface area contributed by atoms with E-state index < -0.39 is 0 Å². The lowest BCUT2D eigenvalue weighted by Crippen LogP contribution is -2.14. The average molecular weight is 393 g/mol. The SMILES string of the molecule is O=C(Cc1cnn(-c2ccccc2)c1)Nc1ccccc1-c1nc2ccccc2[nH]1. The van der Waals surface area contributed by atoms with Crippen molar-refractivity contribution in [2.45, 2.75) is 6.42 Å². The Morgan fingerprint density at radius 2 is 1.70 bits per heavy atom. The number of hydrogen-bond donors (Lipinski definition) is 2. The van der Waals surface area contributed by atoms with Crippen LogP contribution in [0.15, 0.2) is 91.3 Å². The molecule has 5 rings (SSSR count). The van der Waals surface area contributed by atoms with Gasteiger partial charge in [0, 0.05) is 11.8 Å². The fraction of sp³-hybridized carbons (Fsp3) is 0.0417. The van der Waals surface area contributed by atoms with Gasteiger partial charge < -0.3 is 10.3 Å². The summed E-state index contributed by atoms with van der Waals surface area (Å²) in [6.07, 6.45) is 3.83. The molecular formula is C24H19N5O. The van der Waals surface area contributed by atoms with Crippen LogP contribution < -0.4 is 5.32 Å². The van der Waals surface area contributed by atoms with Gasteiger partial charge in [-0.2, -0.15) is 5.10 Å². The molecule has 2 aromatic heterocycles. The fourth-order valence-corrected chi connectivity index (χ4v) is 3.43. The summed E-state index contributed by atoms with van der Waals surface area (Å²) in [5.74, 6) is 0.621. The first-order chi connectivity index (χ1) is 14.8. The summed E-state index contributed by atoms with van der Waals surface area (Å²) < 4.78 is 1.77. The molecule has 0 bridgehead atoms. The maximum atomic E-state index is 12.7. The molecule has 5 aromatic rings. The lowest BCUT2D eigenvalue weighted by atomic mass is 10.1. The van der Waals surface area contributed by atoms with Gasteiger partial charge in [-0.05, 0) is 42.0 Å². The third-order valence-corrected chi connectivity index (χ3v) is 4.87. The van der Waals surface area contributed by atoms with Crippen LogP contribution in [0.1, 0.15) is 5.56 Å². The summed E-state index contributed by atoms with van der Waals surface area (Å²) in [6.45, 7) is 0. The highest BCUT2D eigenvalue weighted by molar-refractivity contribution is 5.96. The third-order valence-electron chi connectivity index (χ3n) is 4.87. The normalized spacial score (nSPS) is 10.9. The molecule has 30 heavy (non-hydrogen) atoms. The van der Waals surface area contributed by atoms with Crippen LogP contribution in [0.25, 0.3) is 28.1 Å². The highest BCUT2D eigenvalue weighted by atomic mass is 16.1. The molecule has 146 valence electrons. The van der Waals surface area contributed by atoms with Crippen LogP contribution in [0.2, 0.25) is 0 Å². The highest BCUT2D eigenvalue weighted by Crippen LogP contribution is 2.27. The van der Waals surface area contributed by atoms with Crippen molar-refractivity contribution in [2.75, 3.05) is 5.32 Å². The van der Waals surface area contributed by atoms with Crippen molar-refractivity contribution in [3.8, 4) is 17.1 Å². The topological polar surface area (TPSA) is 75.6 Å². The fourth-order valence-electron chi connectivity index (χ4n) is 3.43. The van der Waals surface area contributed by atoms with E-state index >= 15 is 0 Å². The Hall–Kier alpha value is -4.19. The van der Waals surface area contributed by atoms with Crippen molar-refractivity contribution >= 4 is 22.6 Å². The minimum atomic E-state index is -0.105. The van der Waals surface area contributed by atoms with E-state index in [-0.39, 0.29) is 12.3 Å². The number of para-hydroxylation sites is 4. The van der Waals surface area contributed by atoms with E-state index in [2.05, 4.69) is 20.4 Å². The number of amides is 1. The molecule has 3 aromatic carbocycles. The van der Waals surface area contributed by atoms with Gasteiger partial charge in [-0.25, -0.2) is 9.67 Å². The number of carbonyl (C=O) groups is 1. The molecule has 1 amide bonds. The molecule has 2 N–H and O–H groups in total. The number of aromatic nitrogens is 4. The van der Waals surface area contributed by atoms with Crippen LogP contribution >= 0.6 is 0 Å². The maximum Gasteiger partial charge on any atom is 0.228 e. The Morgan fingerprint density at radius 3 is 2.57 bits per heavy atom. The van der Waals surface area contributed by atoms with E-state index in [1.165, 1.54) is 0 Å². The lowest BCUT2D eigenvalue weighted by Gasteiger charge is -2.09. The van der Waals surface area contributed by atoms with Crippen LogP contribution in [0, 0.1) is 0 Å². The van der Waals surface area contributed by atoms with Crippen LogP contribution in [0.3, 0.4) is 0 Å². The molecule has 0 aliphatic heterocycles. The van der Waals surface area contributed by atoms with E-state index in [1.807, 2.05) is 85.1 Å². The first kappa shape index (κ1) is 17.9. The summed E-state index contributed by atoms with van der Waals surface area (Å²) in [5, 5.41) is 7.37. The Bertz CT molecular complexity index is 1290. The number of fused-ring (bicyclic) bond motifs is 1. The Kier molecular flexibility index (Phi) is 4.57. The van der Waals surface area contributed by atoms with Crippen molar-refractivity contribution < 1.29 is 4.79 Å². The molecule has 0 fully saturated rings. The van der Waals surface area contributed by atoms with Gasteiger partial charge in [0.1, 0.15) is 5.82 Å². The molecule has 0 radical (unpaired) electrons. The number of carbonyl (C=O) groups excluding carboxylic acids is 1. The molecule has 6 heteroatoms. The van der Waals surface area contributed by atoms with Gasteiger partial charge in [-0.1, -0.05) is 42.5 Å². The largest absolute Gasteiger partial charge is 0.338 e. The van der Waals surface area contributed by atoms with E-state index in [0.717, 1.165) is 39.4 Å². The number of nitrogens with zero attached hydrogens (tertiary/aromatic N) is 3. The van der Waals surface area contributed by atoms with E-state index in [4.69, 9.17) is 0 Å². The van der Waals surface area contributed by atoms with E-state index in [0.29, 0.717) is 0 Å². The second-order valence-corrected chi connectivity index (χ2v) is 7.00. The number of hydrogen-bond acceptors (Lipinski definition) is 3. The van der Waals surface area contributed by atoms with Crippen molar-refractivity contribution in [2.24, 2.45) is 0 Å². The summed E-state index contributed by atoms with van der Waals surface area (Å²) in [5.41, 5.74) is 5.22. The van der Waals surface area contributed by atoms with Crippen molar-refractivity contribution in [3.05, 3.63) is 96.8 Å². The molecule has 6 nitrogen and oxygen atoms in total. The predicted molar refractivity (Wildman–Crippen MR) is 117 cm³/mol. The van der Waals surface area contributed by atoms with Gasteiger partial charge in [-0.15, -0.1) is 0 Å². The summed E-state index contributed by atoms with van der Waals surface area (Å²) in [7, 11) is 0. The van der Waals surface area contributed by atoms with Crippen molar-refractivity contribution in [3.63, 3.8) is 0 Å². The monoisotopic (exact) mass is 393 g/mol. The van der Waals surface area contributed by atoms with Crippen LogP contribution in [-0.2, 0) is 11.2 Å². The van der Waals surface area contributed by atoms with Crippen LogP contribution in [-0.4, -0.2) is 25.7 Å².